The molecule has 0 saturated carbocycles. The minimum atomic E-state index is 0.914. The van der Waals surface area contributed by atoms with Crippen LogP contribution in [0.5, 0.6) is 0 Å². The van der Waals surface area contributed by atoms with Gasteiger partial charge in [0, 0.05) is 30.2 Å². The zero-order chi connectivity index (χ0) is 13.5. The number of aromatic amines is 1. The zero-order valence-corrected chi connectivity index (χ0v) is 11.7. The number of aromatic nitrogens is 2. The Balaban J connectivity index is 1.76. The van der Waals surface area contributed by atoms with Crippen molar-refractivity contribution < 1.29 is 0 Å². The fourth-order valence-corrected chi connectivity index (χ4v) is 1.95. The van der Waals surface area contributed by atoms with E-state index in [1.165, 1.54) is 18.5 Å². The molecule has 0 saturated heterocycles. The first-order valence-electron chi connectivity index (χ1n) is 6.74. The van der Waals surface area contributed by atoms with Crippen molar-refractivity contribution in [2.75, 3.05) is 32.5 Å². The van der Waals surface area contributed by atoms with Crippen LogP contribution < -0.4 is 5.32 Å². The van der Waals surface area contributed by atoms with Gasteiger partial charge in [-0.1, -0.05) is 0 Å². The van der Waals surface area contributed by atoms with Crippen molar-refractivity contribution in [3.05, 3.63) is 36.7 Å². The third kappa shape index (κ3) is 4.41. The highest BCUT2D eigenvalue weighted by Gasteiger charge is 1.99. The van der Waals surface area contributed by atoms with Crippen molar-refractivity contribution >= 4 is 5.69 Å². The van der Waals surface area contributed by atoms with Crippen molar-refractivity contribution in [2.24, 2.45) is 0 Å². The second-order valence-corrected chi connectivity index (χ2v) is 4.95. The summed E-state index contributed by atoms with van der Waals surface area (Å²) in [4.78, 5) is 9.57. The second kappa shape index (κ2) is 6.95. The molecule has 0 fully saturated rings. The molecule has 2 N–H and O–H groups in total. The summed E-state index contributed by atoms with van der Waals surface area (Å²) in [5, 5.41) is 3.44. The largest absolute Gasteiger partial charge is 0.385 e. The summed E-state index contributed by atoms with van der Waals surface area (Å²) in [5.41, 5.74) is 2.28. The van der Waals surface area contributed by atoms with Crippen LogP contribution in [0.15, 0.2) is 36.7 Å². The molecule has 0 aliphatic heterocycles. The predicted molar refractivity (Wildman–Crippen MR) is 80.3 cm³/mol. The molecule has 0 bridgehead atoms. The first-order valence-corrected chi connectivity index (χ1v) is 6.74. The predicted octanol–water partition coefficient (Wildman–Crippen LogP) is 2.83. The number of H-pyrrole nitrogens is 1. The number of hydrogen-bond acceptors (Lipinski definition) is 3. The van der Waals surface area contributed by atoms with E-state index in [0.29, 0.717) is 0 Å². The van der Waals surface area contributed by atoms with Gasteiger partial charge in [-0.25, -0.2) is 4.98 Å². The Bertz CT molecular complexity index is 459. The highest BCUT2D eigenvalue weighted by molar-refractivity contribution is 5.59. The Morgan fingerprint density at radius 1 is 1.16 bits per heavy atom. The molecule has 4 heteroatoms. The minimum absolute atomic E-state index is 0.914. The highest BCUT2D eigenvalue weighted by Crippen LogP contribution is 2.17. The van der Waals surface area contributed by atoms with Crippen molar-refractivity contribution in [2.45, 2.75) is 12.8 Å². The molecular formula is C15H22N4. The number of rotatable bonds is 7. The number of unbranched alkanes of at least 4 members (excludes halogenated alkanes) is 1. The van der Waals surface area contributed by atoms with Crippen LogP contribution in [0.3, 0.4) is 0 Å². The quantitative estimate of drug-likeness (QED) is 0.751. The molecule has 102 valence electrons. The molecule has 4 nitrogen and oxygen atoms in total. The van der Waals surface area contributed by atoms with Crippen LogP contribution >= 0.6 is 0 Å². The number of benzene rings is 1. The van der Waals surface area contributed by atoms with Crippen LogP contribution in [0.2, 0.25) is 0 Å². The van der Waals surface area contributed by atoms with E-state index < -0.39 is 0 Å². The third-order valence-electron chi connectivity index (χ3n) is 3.02. The van der Waals surface area contributed by atoms with Gasteiger partial charge in [0.15, 0.2) is 0 Å². The summed E-state index contributed by atoms with van der Waals surface area (Å²) in [6, 6.07) is 8.37. The van der Waals surface area contributed by atoms with Gasteiger partial charge in [-0.05, 0) is 57.7 Å². The fraction of sp³-hybridized carbons (Fsp3) is 0.400. The lowest BCUT2D eigenvalue weighted by Gasteiger charge is -2.10. The number of imidazole rings is 1. The normalized spacial score (nSPS) is 10.9. The van der Waals surface area contributed by atoms with Crippen LogP contribution in [-0.2, 0) is 0 Å². The maximum absolute atomic E-state index is 4.24. The van der Waals surface area contributed by atoms with Gasteiger partial charge in [0.1, 0.15) is 5.82 Å². The monoisotopic (exact) mass is 258 g/mol. The standard InChI is InChI=1S/C15H22N4/c1-19(2)12-4-3-9-16-14-7-5-13(6-8-14)15-17-10-11-18-15/h5-8,10-11,16H,3-4,9,12H2,1-2H3,(H,17,18). The van der Waals surface area contributed by atoms with Crippen molar-refractivity contribution in [3.8, 4) is 11.4 Å². The average Bonchev–Trinajstić information content (AvgIpc) is 2.93. The van der Waals surface area contributed by atoms with Gasteiger partial charge in [0.2, 0.25) is 0 Å². The fourth-order valence-electron chi connectivity index (χ4n) is 1.95. The molecule has 2 rings (SSSR count). The second-order valence-electron chi connectivity index (χ2n) is 4.95. The lowest BCUT2D eigenvalue weighted by molar-refractivity contribution is 0.396. The van der Waals surface area contributed by atoms with Gasteiger partial charge in [-0.2, -0.15) is 0 Å². The Hall–Kier alpha value is -1.81. The first-order chi connectivity index (χ1) is 9.25. The van der Waals surface area contributed by atoms with Gasteiger partial charge in [0.05, 0.1) is 0 Å². The van der Waals surface area contributed by atoms with Gasteiger partial charge < -0.3 is 15.2 Å². The lowest BCUT2D eigenvalue weighted by Crippen LogP contribution is -2.14. The maximum atomic E-state index is 4.24. The molecule has 0 spiro atoms. The Labute approximate surface area is 114 Å². The molecule has 1 heterocycles. The molecule has 0 unspecified atom stereocenters. The Kier molecular flexibility index (Phi) is 4.98. The Morgan fingerprint density at radius 2 is 1.95 bits per heavy atom. The average molecular weight is 258 g/mol. The summed E-state index contributed by atoms with van der Waals surface area (Å²) in [6.45, 7) is 2.17. The molecule has 0 atom stereocenters. The summed E-state index contributed by atoms with van der Waals surface area (Å²) in [5.74, 6) is 0.914. The van der Waals surface area contributed by atoms with E-state index >= 15 is 0 Å². The van der Waals surface area contributed by atoms with Crippen molar-refractivity contribution in [1.29, 1.82) is 0 Å². The minimum Gasteiger partial charge on any atom is -0.385 e. The van der Waals surface area contributed by atoms with Gasteiger partial charge in [-0.15, -0.1) is 0 Å². The van der Waals surface area contributed by atoms with Gasteiger partial charge in [-0.3, -0.25) is 0 Å². The van der Waals surface area contributed by atoms with Crippen molar-refractivity contribution in [1.82, 2.24) is 14.9 Å². The molecule has 19 heavy (non-hydrogen) atoms. The van der Waals surface area contributed by atoms with Crippen molar-refractivity contribution in [3.63, 3.8) is 0 Å². The first kappa shape index (κ1) is 13.6. The van der Waals surface area contributed by atoms with Crippen LogP contribution in [0, 0.1) is 0 Å². The highest BCUT2D eigenvalue weighted by atomic mass is 15.0. The lowest BCUT2D eigenvalue weighted by atomic mass is 10.2. The van der Waals surface area contributed by atoms with E-state index in [0.717, 1.165) is 24.5 Å². The summed E-state index contributed by atoms with van der Waals surface area (Å²) < 4.78 is 0. The topological polar surface area (TPSA) is 44.0 Å². The molecule has 1 aromatic heterocycles. The van der Waals surface area contributed by atoms with E-state index in [1.54, 1.807) is 6.20 Å². The summed E-state index contributed by atoms with van der Waals surface area (Å²) in [6.07, 6.45) is 6.03. The van der Waals surface area contributed by atoms with Gasteiger partial charge in [0.25, 0.3) is 0 Å². The molecule has 0 amide bonds. The zero-order valence-electron chi connectivity index (χ0n) is 11.7. The van der Waals surface area contributed by atoms with E-state index in [9.17, 15) is 0 Å². The molecule has 2 aromatic rings. The number of nitrogens with zero attached hydrogens (tertiary/aromatic N) is 2. The van der Waals surface area contributed by atoms with Crippen LogP contribution in [0.4, 0.5) is 5.69 Å². The SMILES string of the molecule is CN(C)CCCCNc1ccc(-c2ncc[nH]2)cc1. The van der Waals surface area contributed by atoms with Crippen LogP contribution in [0.1, 0.15) is 12.8 Å². The van der Waals surface area contributed by atoms with Gasteiger partial charge >= 0.3 is 0 Å². The third-order valence-corrected chi connectivity index (χ3v) is 3.02. The smallest absolute Gasteiger partial charge is 0.137 e. The Morgan fingerprint density at radius 3 is 2.58 bits per heavy atom. The molecular weight excluding hydrogens is 236 g/mol. The van der Waals surface area contributed by atoms with Crippen LogP contribution in [-0.4, -0.2) is 42.1 Å². The van der Waals surface area contributed by atoms with E-state index in [-0.39, 0.29) is 0 Å². The summed E-state index contributed by atoms with van der Waals surface area (Å²) in [7, 11) is 4.22. The molecule has 0 aliphatic carbocycles. The van der Waals surface area contributed by atoms with E-state index in [1.807, 2.05) is 6.20 Å². The number of nitrogens with one attached hydrogen (secondary N) is 2. The molecule has 0 aliphatic rings. The molecule has 1 aromatic carbocycles. The summed E-state index contributed by atoms with van der Waals surface area (Å²) >= 11 is 0. The maximum Gasteiger partial charge on any atom is 0.137 e. The van der Waals surface area contributed by atoms with E-state index in [2.05, 4.69) is 58.5 Å². The molecule has 0 radical (unpaired) electrons. The van der Waals surface area contributed by atoms with Crippen LogP contribution in [0.25, 0.3) is 11.4 Å². The van der Waals surface area contributed by atoms with E-state index in [4.69, 9.17) is 0 Å². The number of anilines is 1. The number of hydrogen-bond donors (Lipinski definition) is 2.